The highest BCUT2D eigenvalue weighted by molar-refractivity contribution is 6.08. The number of hydrogen-bond acceptors (Lipinski definition) is 5. The van der Waals surface area contributed by atoms with Crippen LogP contribution >= 0.6 is 0 Å². The Bertz CT molecular complexity index is 1290. The zero-order valence-corrected chi connectivity index (χ0v) is 22.1. The lowest BCUT2D eigenvalue weighted by molar-refractivity contribution is -0.00926. The molecule has 7 heteroatoms. The molecule has 3 aromatic rings. The second kappa shape index (κ2) is 10.6. The maximum Gasteiger partial charge on any atom is 0.253 e. The lowest BCUT2D eigenvalue weighted by Crippen LogP contribution is -2.51. The molecule has 37 heavy (non-hydrogen) atoms. The number of methoxy groups -OCH3 is 1. The molecule has 2 aliphatic heterocycles. The van der Waals surface area contributed by atoms with Crippen molar-refractivity contribution in [3.05, 3.63) is 59.8 Å². The molecule has 5 rings (SSSR count). The Balaban J connectivity index is 1.22. The van der Waals surface area contributed by atoms with Crippen LogP contribution in [0.5, 0.6) is 11.5 Å². The Kier molecular flexibility index (Phi) is 7.24. The summed E-state index contributed by atoms with van der Waals surface area (Å²) in [5.41, 5.74) is 1.99. The summed E-state index contributed by atoms with van der Waals surface area (Å²) >= 11 is 0. The number of amides is 1. The van der Waals surface area contributed by atoms with Crippen molar-refractivity contribution in [2.45, 2.75) is 51.7 Å². The molecule has 2 aromatic carbocycles. The second-order valence-corrected chi connectivity index (χ2v) is 10.8. The monoisotopic (exact) mass is 503 g/mol. The highest BCUT2D eigenvalue weighted by Crippen LogP contribution is 2.39. The van der Waals surface area contributed by atoms with E-state index in [1.165, 1.54) is 0 Å². The summed E-state index contributed by atoms with van der Waals surface area (Å²) in [7, 11) is 1.67. The number of aromatic nitrogens is 1. The van der Waals surface area contributed by atoms with E-state index in [1.54, 1.807) is 7.11 Å². The van der Waals surface area contributed by atoms with Crippen molar-refractivity contribution in [3.63, 3.8) is 0 Å². The zero-order valence-electron chi connectivity index (χ0n) is 22.1. The number of fused-ring (bicyclic) bond motifs is 2. The lowest BCUT2D eigenvalue weighted by atomic mass is 9.82. The minimum Gasteiger partial charge on any atom is -0.495 e. The van der Waals surface area contributed by atoms with Gasteiger partial charge in [-0.25, -0.2) is 0 Å². The average Bonchev–Trinajstić information content (AvgIpc) is 3.27. The van der Waals surface area contributed by atoms with E-state index in [2.05, 4.69) is 28.6 Å². The van der Waals surface area contributed by atoms with E-state index < -0.39 is 0 Å². The number of carbonyl (C=O) groups excluding carboxylic acids is 2. The van der Waals surface area contributed by atoms with Gasteiger partial charge in [0.2, 0.25) is 0 Å². The molecule has 1 N–H and O–H groups in total. The molecule has 0 atom stereocenters. The Labute approximate surface area is 218 Å². The largest absolute Gasteiger partial charge is 0.495 e. The van der Waals surface area contributed by atoms with Crippen LogP contribution in [0.4, 0.5) is 0 Å². The third kappa shape index (κ3) is 5.23. The molecule has 7 nitrogen and oxygen atoms in total. The number of piperidine rings is 1. The Morgan fingerprint density at radius 2 is 1.89 bits per heavy atom. The van der Waals surface area contributed by atoms with Crippen LogP contribution in [0, 0.1) is 5.92 Å². The molecule has 1 spiro atoms. The Hall–Kier alpha value is -3.32. The number of hydrogen-bond donors (Lipinski definition) is 1. The van der Waals surface area contributed by atoms with Crippen molar-refractivity contribution in [2.24, 2.45) is 5.92 Å². The number of nitrogens with one attached hydrogen (secondary N) is 1. The maximum atomic E-state index is 12.9. The van der Waals surface area contributed by atoms with E-state index in [9.17, 15) is 9.59 Å². The smallest absolute Gasteiger partial charge is 0.253 e. The van der Waals surface area contributed by atoms with Crippen molar-refractivity contribution in [1.82, 2.24) is 14.8 Å². The highest BCUT2D eigenvalue weighted by Gasteiger charge is 2.42. The van der Waals surface area contributed by atoms with Crippen molar-refractivity contribution >= 4 is 22.6 Å². The normalized spacial score (nSPS) is 17.1. The number of para-hydroxylation sites is 2. The van der Waals surface area contributed by atoms with Crippen LogP contribution in [0.1, 0.15) is 60.2 Å². The number of ether oxygens (including phenoxy) is 2. The Morgan fingerprint density at radius 3 is 2.65 bits per heavy atom. The number of aryl methyl sites for hydroxylation is 1. The van der Waals surface area contributed by atoms with Crippen LogP contribution < -0.4 is 14.8 Å². The molecule has 2 aliphatic rings. The second-order valence-electron chi connectivity index (χ2n) is 10.8. The molecule has 1 saturated heterocycles. The van der Waals surface area contributed by atoms with Gasteiger partial charge in [0.15, 0.2) is 5.78 Å². The van der Waals surface area contributed by atoms with E-state index in [0.29, 0.717) is 30.0 Å². The zero-order chi connectivity index (χ0) is 26.0. The predicted molar refractivity (Wildman–Crippen MR) is 145 cm³/mol. The van der Waals surface area contributed by atoms with Crippen LogP contribution in [-0.2, 0) is 6.54 Å². The fourth-order valence-corrected chi connectivity index (χ4v) is 5.61. The van der Waals surface area contributed by atoms with E-state index in [4.69, 9.17) is 9.47 Å². The van der Waals surface area contributed by atoms with Gasteiger partial charge in [0, 0.05) is 50.6 Å². The third-order valence-corrected chi connectivity index (χ3v) is 7.63. The van der Waals surface area contributed by atoms with Crippen LogP contribution in [0.15, 0.2) is 48.7 Å². The molecule has 0 aliphatic carbocycles. The van der Waals surface area contributed by atoms with E-state index >= 15 is 0 Å². The van der Waals surface area contributed by atoms with Gasteiger partial charge in [-0.15, -0.1) is 0 Å². The fourth-order valence-electron chi connectivity index (χ4n) is 5.61. The first-order chi connectivity index (χ1) is 17.9. The minimum atomic E-state index is -0.371. The van der Waals surface area contributed by atoms with Gasteiger partial charge in [0.1, 0.15) is 17.1 Å². The van der Waals surface area contributed by atoms with Gasteiger partial charge in [0.05, 0.1) is 30.2 Å². The summed E-state index contributed by atoms with van der Waals surface area (Å²) in [6.07, 6.45) is 5.09. The molecule has 3 heterocycles. The Morgan fingerprint density at radius 1 is 1.11 bits per heavy atom. The molecule has 1 aromatic heterocycles. The number of benzene rings is 2. The molecule has 196 valence electrons. The fraction of sp³-hybridized carbons (Fsp3) is 0.467. The third-order valence-electron chi connectivity index (χ3n) is 7.63. The number of likely N-dealkylation sites (tertiary alicyclic amines) is 1. The molecule has 0 radical (unpaired) electrons. The number of carbonyl (C=O) groups is 2. The number of nitrogens with zero attached hydrogens (tertiary/aromatic N) is 2. The van der Waals surface area contributed by atoms with Gasteiger partial charge in [-0.3, -0.25) is 9.59 Å². The van der Waals surface area contributed by atoms with Crippen LogP contribution in [0.3, 0.4) is 0 Å². The first kappa shape index (κ1) is 25.3. The van der Waals surface area contributed by atoms with Gasteiger partial charge < -0.3 is 24.3 Å². The molecule has 0 bridgehead atoms. The summed E-state index contributed by atoms with van der Waals surface area (Å²) in [5.74, 6) is 2.04. The quantitative estimate of drug-likeness (QED) is 0.472. The summed E-state index contributed by atoms with van der Waals surface area (Å²) in [6, 6.07) is 13.5. The SMILES string of the molecule is COc1cccc2c(C(=O)NCC(C)C)cn(CCCN3CCC4(CC3)CC(=O)c3ccccc3O4)c12. The summed E-state index contributed by atoms with van der Waals surface area (Å²) in [4.78, 5) is 28.1. The summed E-state index contributed by atoms with van der Waals surface area (Å²) in [6.45, 7) is 8.38. The van der Waals surface area contributed by atoms with Crippen molar-refractivity contribution in [2.75, 3.05) is 33.3 Å². The first-order valence-corrected chi connectivity index (χ1v) is 13.4. The van der Waals surface area contributed by atoms with Crippen molar-refractivity contribution < 1.29 is 19.1 Å². The van der Waals surface area contributed by atoms with E-state index in [0.717, 1.165) is 67.8 Å². The molecule has 0 saturated carbocycles. The van der Waals surface area contributed by atoms with Gasteiger partial charge >= 0.3 is 0 Å². The summed E-state index contributed by atoms with van der Waals surface area (Å²) in [5, 5.41) is 3.97. The van der Waals surface area contributed by atoms with Gasteiger partial charge in [0.25, 0.3) is 5.91 Å². The number of Topliss-reactive ketones (excluding diaryl/α,β-unsaturated/α-hetero) is 1. The van der Waals surface area contributed by atoms with Crippen molar-refractivity contribution in [1.29, 1.82) is 0 Å². The van der Waals surface area contributed by atoms with Crippen LogP contribution in [0.25, 0.3) is 10.9 Å². The topological polar surface area (TPSA) is 72.8 Å². The summed E-state index contributed by atoms with van der Waals surface area (Å²) < 4.78 is 14.2. The maximum absolute atomic E-state index is 12.9. The first-order valence-electron chi connectivity index (χ1n) is 13.4. The molecular formula is C30H37N3O4. The predicted octanol–water partition coefficient (Wildman–Crippen LogP) is 4.93. The van der Waals surface area contributed by atoms with Crippen molar-refractivity contribution in [3.8, 4) is 11.5 Å². The number of ketones is 1. The molecule has 0 unspecified atom stereocenters. The van der Waals surface area contributed by atoms with Gasteiger partial charge in [-0.05, 0) is 37.1 Å². The molecule has 1 fully saturated rings. The molecular weight excluding hydrogens is 466 g/mol. The number of rotatable bonds is 8. The standard InChI is InChI=1S/C30H37N3O4/c1-21(2)19-31-29(35)24-20-33(28-22(24)9-6-11-27(28)36-3)15-7-14-32-16-12-30(13-17-32)18-25(34)23-8-4-5-10-26(23)37-30/h4-6,8-11,20-21H,7,12-19H2,1-3H3,(H,31,35). The van der Waals surface area contributed by atoms with Gasteiger partial charge in [-0.1, -0.05) is 38.1 Å². The van der Waals surface area contributed by atoms with Gasteiger partial charge in [-0.2, -0.15) is 0 Å². The van der Waals surface area contributed by atoms with Crippen LogP contribution in [-0.4, -0.2) is 60.0 Å². The molecule has 1 amide bonds. The van der Waals surface area contributed by atoms with E-state index in [1.807, 2.05) is 48.7 Å². The van der Waals surface area contributed by atoms with E-state index in [-0.39, 0.29) is 17.3 Å². The highest BCUT2D eigenvalue weighted by atomic mass is 16.5. The lowest BCUT2D eigenvalue weighted by Gasteiger charge is -2.44. The minimum absolute atomic E-state index is 0.0457. The average molecular weight is 504 g/mol. The van der Waals surface area contributed by atoms with Crippen LogP contribution in [0.2, 0.25) is 0 Å².